The molecule has 2 aromatic rings. The maximum absolute atomic E-state index is 12.0. The van der Waals surface area contributed by atoms with E-state index in [1.54, 1.807) is 6.07 Å². The van der Waals surface area contributed by atoms with E-state index in [0.29, 0.717) is 10.6 Å². The van der Waals surface area contributed by atoms with Gasteiger partial charge >= 0.3 is 0 Å². The molecule has 1 aliphatic carbocycles. The average Bonchev–Trinajstić information content (AvgIpc) is 3.01. The SMILES string of the molecule is O=C(COCc1ccccc1Cl)NCc1cc2c([nH]c1=O)CCC2. The van der Waals surface area contributed by atoms with Crippen molar-refractivity contribution >= 4 is 17.5 Å². The van der Waals surface area contributed by atoms with Crippen molar-refractivity contribution in [2.24, 2.45) is 0 Å². The number of amides is 1. The Morgan fingerprint density at radius 2 is 2.08 bits per heavy atom. The molecule has 0 saturated carbocycles. The topological polar surface area (TPSA) is 71.2 Å². The number of hydrogen-bond donors (Lipinski definition) is 2. The number of H-pyrrole nitrogens is 1. The van der Waals surface area contributed by atoms with Crippen LogP contribution < -0.4 is 10.9 Å². The van der Waals surface area contributed by atoms with Crippen LogP contribution in [0.5, 0.6) is 0 Å². The van der Waals surface area contributed by atoms with Crippen molar-refractivity contribution in [3.8, 4) is 0 Å². The smallest absolute Gasteiger partial charge is 0.253 e. The minimum absolute atomic E-state index is 0.0753. The number of carbonyl (C=O) groups is 1. The van der Waals surface area contributed by atoms with Gasteiger partial charge in [-0.2, -0.15) is 0 Å². The van der Waals surface area contributed by atoms with E-state index < -0.39 is 0 Å². The van der Waals surface area contributed by atoms with Gasteiger partial charge in [-0.05, 0) is 42.5 Å². The summed E-state index contributed by atoms with van der Waals surface area (Å²) in [6, 6.07) is 9.23. The van der Waals surface area contributed by atoms with E-state index in [-0.39, 0.29) is 31.2 Å². The second-order valence-electron chi connectivity index (χ2n) is 5.84. The standard InChI is InChI=1S/C18H19ClN2O3/c19-15-6-2-1-4-13(15)10-24-11-17(22)20-9-14-8-12-5-3-7-16(12)21-18(14)23/h1-2,4,6,8H,3,5,7,9-11H2,(H,20,22)(H,21,23). The van der Waals surface area contributed by atoms with Crippen LogP contribution in [-0.4, -0.2) is 17.5 Å². The lowest BCUT2D eigenvalue weighted by Gasteiger charge is -2.08. The number of aryl methyl sites for hydroxylation is 2. The summed E-state index contributed by atoms with van der Waals surface area (Å²) in [4.78, 5) is 26.7. The molecule has 6 heteroatoms. The molecule has 0 radical (unpaired) electrons. The van der Waals surface area contributed by atoms with Gasteiger partial charge in [0.25, 0.3) is 5.56 Å². The van der Waals surface area contributed by atoms with Crippen molar-refractivity contribution in [3.05, 3.63) is 68.1 Å². The Morgan fingerprint density at radius 1 is 1.25 bits per heavy atom. The number of fused-ring (bicyclic) bond motifs is 1. The third kappa shape index (κ3) is 4.04. The van der Waals surface area contributed by atoms with E-state index in [0.717, 1.165) is 30.5 Å². The first-order chi connectivity index (χ1) is 11.6. The third-order valence-electron chi connectivity index (χ3n) is 4.09. The summed E-state index contributed by atoms with van der Waals surface area (Å²) in [5.74, 6) is -0.262. The number of aromatic nitrogens is 1. The summed E-state index contributed by atoms with van der Waals surface area (Å²) in [5, 5.41) is 3.33. The number of halogens is 1. The van der Waals surface area contributed by atoms with Crippen LogP contribution in [0.4, 0.5) is 0 Å². The molecule has 3 rings (SSSR count). The number of aromatic amines is 1. The number of pyridine rings is 1. The maximum Gasteiger partial charge on any atom is 0.253 e. The summed E-state index contributed by atoms with van der Waals surface area (Å²) in [6.07, 6.45) is 2.97. The minimum Gasteiger partial charge on any atom is -0.367 e. The van der Waals surface area contributed by atoms with Crippen molar-refractivity contribution in [3.63, 3.8) is 0 Å². The van der Waals surface area contributed by atoms with Crippen LogP contribution in [0.15, 0.2) is 35.1 Å². The monoisotopic (exact) mass is 346 g/mol. The highest BCUT2D eigenvalue weighted by atomic mass is 35.5. The molecule has 126 valence electrons. The van der Waals surface area contributed by atoms with Gasteiger partial charge in [0, 0.05) is 22.8 Å². The Labute approximate surface area is 145 Å². The Bertz CT molecular complexity index is 801. The van der Waals surface area contributed by atoms with Gasteiger partial charge in [0.1, 0.15) is 6.61 Å². The van der Waals surface area contributed by atoms with Crippen molar-refractivity contribution in [1.82, 2.24) is 10.3 Å². The van der Waals surface area contributed by atoms with E-state index in [9.17, 15) is 9.59 Å². The molecule has 2 N–H and O–H groups in total. The molecule has 1 aromatic heterocycles. The van der Waals surface area contributed by atoms with Gasteiger partial charge in [-0.1, -0.05) is 29.8 Å². The van der Waals surface area contributed by atoms with Crippen LogP contribution in [0, 0.1) is 0 Å². The van der Waals surface area contributed by atoms with Gasteiger partial charge in [-0.15, -0.1) is 0 Å². The van der Waals surface area contributed by atoms with E-state index in [1.165, 1.54) is 5.56 Å². The van der Waals surface area contributed by atoms with Gasteiger partial charge in [0.2, 0.25) is 5.91 Å². The zero-order valence-corrected chi connectivity index (χ0v) is 14.0. The summed E-state index contributed by atoms with van der Waals surface area (Å²) >= 11 is 6.03. The van der Waals surface area contributed by atoms with Gasteiger partial charge in [-0.3, -0.25) is 9.59 Å². The van der Waals surface area contributed by atoms with Gasteiger partial charge < -0.3 is 15.0 Å². The molecule has 0 aliphatic heterocycles. The Hall–Kier alpha value is -2.11. The molecule has 0 unspecified atom stereocenters. The van der Waals surface area contributed by atoms with Crippen LogP contribution in [-0.2, 0) is 35.5 Å². The molecule has 0 fully saturated rings. The fourth-order valence-electron chi connectivity index (χ4n) is 2.81. The normalized spacial score (nSPS) is 12.9. The Balaban J connectivity index is 1.48. The average molecular weight is 347 g/mol. The van der Waals surface area contributed by atoms with Crippen molar-refractivity contribution in [2.45, 2.75) is 32.4 Å². The molecule has 24 heavy (non-hydrogen) atoms. The van der Waals surface area contributed by atoms with E-state index in [1.807, 2.05) is 24.3 Å². The van der Waals surface area contributed by atoms with Crippen LogP contribution in [0.3, 0.4) is 0 Å². The second-order valence-corrected chi connectivity index (χ2v) is 6.25. The molecule has 1 heterocycles. The predicted octanol–water partition coefficient (Wildman–Crippen LogP) is 2.35. The summed E-state index contributed by atoms with van der Waals surface area (Å²) in [7, 11) is 0. The number of hydrogen-bond acceptors (Lipinski definition) is 3. The number of ether oxygens (including phenoxy) is 1. The lowest BCUT2D eigenvalue weighted by atomic mass is 10.1. The lowest BCUT2D eigenvalue weighted by Crippen LogP contribution is -2.30. The molecule has 1 aliphatic rings. The molecule has 1 amide bonds. The van der Waals surface area contributed by atoms with E-state index in [2.05, 4.69) is 10.3 Å². The lowest BCUT2D eigenvalue weighted by molar-refractivity contribution is -0.126. The Morgan fingerprint density at radius 3 is 2.92 bits per heavy atom. The second kappa shape index (κ2) is 7.64. The number of rotatable bonds is 6. The van der Waals surface area contributed by atoms with Gasteiger partial charge in [-0.25, -0.2) is 0 Å². The van der Waals surface area contributed by atoms with E-state index in [4.69, 9.17) is 16.3 Å². The molecule has 0 atom stereocenters. The molecule has 0 saturated heterocycles. The summed E-state index contributed by atoms with van der Waals surface area (Å²) < 4.78 is 5.37. The highest BCUT2D eigenvalue weighted by Crippen LogP contribution is 2.18. The number of carbonyl (C=O) groups excluding carboxylic acids is 1. The largest absolute Gasteiger partial charge is 0.367 e. The van der Waals surface area contributed by atoms with E-state index >= 15 is 0 Å². The molecular weight excluding hydrogens is 328 g/mol. The van der Waals surface area contributed by atoms with Gasteiger partial charge in [0.05, 0.1) is 6.61 Å². The zero-order valence-electron chi connectivity index (χ0n) is 13.2. The van der Waals surface area contributed by atoms with Crippen LogP contribution in [0.25, 0.3) is 0 Å². The van der Waals surface area contributed by atoms with Crippen LogP contribution in [0.2, 0.25) is 5.02 Å². The van der Waals surface area contributed by atoms with Crippen LogP contribution >= 0.6 is 11.6 Å². The highest BCUT2D eigenvalue weighted by Gasteiger charge is 2.14. The third-order valence-corrected chi connectivity index (χ3v) is 4.46. The zero-order chi connectivity index (χ0) is 16.9. The highest BCUT2D eigenvalue weighted by molar-refractivity contribution is 6.31. The first kappa shape index (κ1) is 16.7. The van der Waals surface area contributed by atoms with Crippen molar-refractivity contribution in [2.75, 3.05) is 6.61 Å². The predicted molar refractivity (Wildman–Crippen MR) is 92.0 cm³/mol. The van der Waals surface area contributed by atoms with Gasteiger partial charge in [0.15, 0.2) is 0 Å². The van der Waals surface area contributed by atoms with Crippen molar-refractivity contribution in [1.29, 1.82) is 0 Å². The first-order valence-electron chi connectivity index (χ1n) is 7.95. The summed E-state index contributed by atoms with van der Waals surface area (Å²) in [5.41, 5.74) is 3.48. The summed E-state index contributed by atoms with van der Waals surface area (Å²) in [6.45, 7) is 0.400. The maximum atomic E-state index is 12.0. The molecular formula is C18H19ClN2O3. The number of benzene rings is 1. The van der Waals surface area contributed by atoms with Crippen molar-refractivity contribution < 1.29 is 9.53 Å². The fourth-order valence-corrected chi connectivity index (χ4v) is 3.00. The molecule has 0 bridgehead atoms. The molecule has 5 nitrogen and oxygen atoms in total. The number of nitrogens with one attached hydrogen (secondary N) is 2. The minimum atomic E-state index is -0.262. The molecule has 0 spiro atoms. The Kier molecular flexibility index (Phi) is 5.33. The van der Waals surface area contributed by atoms with Crippen LogP contribution in [0.1, 0.15) is 28.8 Å². The first-order valence-corrected chi connectivity index (χ1v) is 8.33. The quantitative estimate of drug-likeness (QED) is 0.843. The molecule has 1 aromatic carbocycles. The fraction of sp³-hybridized carbons (Fsp3) is 0.333.